The Balaban J connectivity index is 0.000000330. The lowest BCUT2D eigenvalue weighted by Crippen LogP contribution is -2.39. The van der Waals surface area contributed by atoms with Gasteiger partial charge in [0.25, 0.3) is 10.1 Å². The van der Waals surface area contributed by atoms with Crippen LogP contribution in [0.3, 0.4) is 0 Å². The number of aliphatic hydroxyl groups is 2. The molecule has 0 saturated carbocycles. The van der Waals surface area contributed by atoms with E-state index in [0.29, 0.717) is 5.57 Å². The average molecular weight is 607 g/mol. The van der Waals surface area contributed by atoms with Gasteiger partial charge in [0, 0.05) is 33.8 Å². The van der Waals surface area contributed by atoms with Gasteiger partial charge in [-0.25, -0.2) is 9.59 Å². The summed E-state index contributed by atoms with van der Waals surface area (Å²) in [5, 5.41) is 26.1. The quantitative estimate of drug-likeness (QED) is 0.137. The van der Waals surface area contributed by atoms with E-state index in [1.54, 1.807) is 39.0 Å². The van der Waals surface area contributed by atoms with Crippen LogP contribution in [0.1, 0.15) is 39.2 Å². The number of aryl methyl sites for hydroxylation is 1. The number of esters is 2. The van der Waals surface area contributed by atoms with E-state index in [2.05, 4.69) is 20.1 Å². The van der Waals surface area contributed by atoms with Crippen LogP contribution in [0.4, 0.5) is 0 Å². The molecule has 2 aliphatic carbocycles. The zero-order valence-corrected chi connectivity index (χ0v) is 24.4. The second kappa shape index (κ2) is 15.9. The number of nitrogens with zero attached hydrogens (tertiary/aromatic N) is 6. The van der Waals surface area contributed by atoms with Crippen molar-refractivity contribution in [1.82, 2.24) is 0 Å². The van der Waals surface area contributed by atoms with Crippen molar-refractivity contribution in [2.45, 2.75) is 75.8 Å². The van der Waals surface area contributed by atoms with Crippen molar-refractivity contribution in [1.29, 1.82) is 0 Å². The molecule has 1 aromatic rings. The van der Waals surface area contributed by atoms with E-state index in [0.717, 1.165) is 5.56 Å². The van der Waals surface area contributed by atoms with Crippen LogP contribution < -0.4 is 0 Å². The van der Waals surface area contributed by atoms with Crippen LogP contribution >= 0.6 is 0 Å². The number of hydrogen-bond donors (Lipinski definition) is 2. The third-order valence-corrected chi connectivity index (χ3v) is 7.71. The summed E-state index contributed by atoms with van der Waals surface area (Å²) < 4.78 is 40.2. The molecule has 0 saturated heterocycles. The van der Waals surface area contributed by atoms with Gasteiger partial charge in [-0.2, -0.15) is 8.42 Å². The minimum Gasteiger partial charge on any atom is -0.463 e. The summed E-state index contributed by atoms with van der Waals surface area (Å²) in [6.07, 6.45) is -0.344. The maximum atomic E-state index is 12.6. The fraction of sp³-hybridized carbons (Fsp3) is 0.538. The van der Waals surface area contributed by atoms with E-state index in [4.69, 9.17) is 24.7 Å². The lowest BCUT2D eigenvalue weighted by molar-refractivity contribution is -0.140. The van der Waals surface area contributed by atoms with E-state index in [1.807, 2.05) is 6.92 Å². The molecule has 2 aliphatic rings. The number of hydrogen-bond acceptors (Lipinski definition) is 11. The van der Waals surface area contributed by atoms with Gasteiger partial charge in [-0.15, -0.1) is 0 Å². The smallest absolute Gasteiger partial charge is 0.333 e. The van der Waals surface area contributed by atoms with Crippen LogP contribution in [0.2, 0.25) is 0 Å². The van der Waals surface area contributed by atoms with Gasteiger partial charge >= 0.3 is 11.9 Å². The van der Waals surface area contributed by atoms with Crippen molar-refractivity contribution in [2.75, 3.05) is 13.2 Å². The Kier molecular flexibility index (Phi) is 13.0. The van der Waals surface area contributed by atoms with Crippen LogP contribution in [0, 0.1) is 12.8 Å². The van der Waals surface area contributed by atoms with Crippen molar-refractivity contribution in [3.8, 4) is 0 Å². The Morgan fingerprint density at radius 2 is 1.45 bits per heavy atom. The first-order valence-electron chi connectivity index (χ1n) is 13.1. The molecule has 15 nitrogen and oxygen atoms in total. The molecule has 2 N–H and O–H groups in total. The number of benzene rings is 1. The number of rotatable bonds is 9. The highest BCUT2D eigenvalue weighted by molar-refractivity contribution is 7.86. The molecule has 228 valence electrons. The molecule has 3 rings (SSSR count). The van der Waals surface area contributed by atoms with E-state index in [1.165, 1.54) is 18.2 Å². The summed E-state index contributed by atoms with van der Waals surface area (Å²) in [6.45, 7) is 7.35. The lowest BCUT2D eigenvalue weighted by Gasteiger charge is -2.31. The molecular weight excluding hydrogens is 572 g/mol. The zero-order chi connectivity index (χ0) is 31.4. The fourth-order valence-corrected chi connectivity index (χ4v) is 5.40. The number of ether oxygens (including phenoxy) is 2. The highest BCUT2D eigenvalue weighted by atomic mass is 32.2. The highest BCUT2D eigenvalue weighted by Gasteiger charge is 2.37. The van der Waals surface area contributed by atoms with Crippen molar-refractivity contribution in [3.63, 3.8) is 0 Å². The Bertz CT molecular complexity index is 1380. The molecule has 6 atom stereocenters. The normalized spacial score (nSPS) is 25.2. The maximum Gasteiger partial charge on any atom is 0.333 e. The van der Waals surface area contributed by atoms with Crippen molar-refractivity contribution < 1.29 is 41.9 Å². The van der Waals surface area contributed by atoms with Gasteiger partial charge in [0.1, 0.15) is 0 Å². The first-order chi connectivity index (χ1) is 19.9. The molecule has 0 unspecified atom stereocenters. The second-order valence-electron chi connectivity index (χ2n) is 9.44. The fourth-order valence-electron chi connectivity index (χ4n) is 4.31. The number of carbonyl (C=O) groups excluding carboxylic acids is 2. The van der Waals surface area contributed by atoms with Gasteiger partial charge < -0.3 is 19.7 Å². The van der Waals surface area contributed by atoms with Crippen molar-refractivity contribution >= 4 is 22.1 Å². The van der Waals surface area contributed by atoms with Crippen LogP contribution in [0.15, 0.2) is 62.7 Å². The predicted molar refractivity (Wildman–Crippen MR) is 149 cm³/mol. The Hall–Kier alpha value is -3.91. The standard InChI is InChI=1S/C17H21N3O5S.C9H13N3O4/c1-4-24-17(21)13-9-12(3)16(19-20-18)15(10-13)25-26(22,23)14-7-5-11(2)6-8-14;1-2-16-9(15)5-3-6(13)8(11-12-10)7(14)4-5/h5-9,12,15-16H,4,10H2,1-3H3;3,6-8,13-14H,2,4H2,1H3/t12-,15+,16-;6-,7+,8-/m00/s1. The lowest BCUT2D eigenvalue weighted by atomic mass is 9.85. The van der Waals surface area contributed by atoms with Gasteiger partial charge in [0.2, 0.25) is 0 Å². The molecular formula is C26H34N6O9S. The van der Waals surface area contributed by atoms with Crippen LogP contribution in [0.5, 0.6) is 0 Å². The largest absolute Gasteiger partial charge is 0.463 e. The molecule has 16 heteroatoms. The summed E-state index contributed by atoms with van der Waals surface area (Å²) in [5.74, 6) is -1.47. The number of aliphatic hydroxyl groups excluding tert-OH is 2. The summed E-state index contributed by atoms with van der Waals surface area (Å²) in [5.41, 5.74) is 18.5. The second-order valence-corrected chi connectivity index (χ2v) is 11.0. The third kappa shape index (κ3) is 9.31. The van der Waals surface area contributed by atoms with E-state index >= 15 is 0 Å². The monoisotopic (exact) mass is 606 g/mol. The Morgan fingerprint density at radius 1 is 0.929 bits per heavy atom. The molecule has 0 spiro atoms. The SMILES string of the molecule is CCOC(=O)C1=C[C@H](C)[C@H](N=[N+]=[N-])[C@H](OS(=O)(=O)c2ccc(C)cc2)C1.CCOC(=O)C1=C[C@H](O)[C@H](N=[N+]=[N-])[C@H](O)C1. The highest BCUT2D eigenvalue weighted by Crippen LogP contribution is 2.31. The first kappa shape index (κ1) is 34.3. The van der Waals surface area contributed by atoms with Gasteiger partial charge in [0.15, 0.2) is 0 Å². The Morgan fingerprint density at radius 3 is 1.95 bits per heavy atom. The summed E-state index contributed by atoms with van der Waals surface area (Å²) in [4.78, 5) is 28.7. The molecule has 0 aliphatic heterocycles. The molecule has 0 amide bonds. The first-order valence-corrected chi connectivity index (χ1v) is 14.5. The molecule has 42 heavy (non-hydrogen) atoms. The van der Waals surface area contributed by atoms with Crippen LogP contribution in [-0.4, -0.2) is 74.2 Å². The molecule has 0 fully saturated rings. The average Bonchev–Trinajstić information content (AvgIpc) is 2.93. The van der Waals surface area contributed by atoms with E-state index in [9.17, 15) is 28.2 Å². The number of carbonyl (C=O) groups is 2. The molecule has 0 aromatic heterocycles. The maximum absolute atomic E-state index is 12.6. The van der Waals surface area contributed by atoms with Crippen LogP contribution in [0.25, 0.3) is 20.9 Å². The summed E-state index contributed by atoms with van der Waals surface area (Å²) in [6, 6.07) is 4.51. The summed E-state index contributed by atoms with van der Waals surface area (Å²) >= 11 is 0. The van der Waals surface area contributed by atoms with Gasteiger partial charge in [-0.05, 0) is 56.0 Å². The molecule has 0 heterocycles. The topological polar surface area (TPSA) is 234 Å². The molecule has 1 aromatic carbocycles. The third-order valence-electron chi connectivity index (χ3n) is 6.36. The van der Waals surface area contributed by atoms with Crippen molar-refractivity contribution in [3.05, 3.63) is 74.0 Å². The van der Waals surface area contributed by atoms with Gasteiger partial charge in [0.05, 0.1) is 48.5 Å². The van der Waals surface area contributed by atoms with Crippen molar-refractivity contribution in [2.24, 2.45) is 16.1 Å². The van der Waals surface area contributed by atoms with Crippen LogP contribution in [-0.2, 0) is 33.4 Å². The van der Waals surface area contributed by atoms with Gasteiger partial charge in [-0.1, -0.05) is 40.9 Å². The van der Waals surface area contributed by atoms with E-state index < -0.39 is 52.5 Å². The predicted octanol–water partition coefficient (Wildman–Crippen LogP) is 3.56. The number of azide groups is 2. The Labute approximate surface area is 243 Å². The minimum atomic E-state index is -4.08. The molecule has 0 radical (unpaired) electrons. The van der Waals surface area contributed by atoms with Gasteiger partial charge in [-0.3, -0.25) is 4.18 Å². The van der Waals surface area contributed by atoms with E-state index in [-0.39, 0.29) is 42.4 Å². The summed E-state index contributed by atoms with van der Waals surface area (Å²) in [7, 11) is -4.08. The minimum absolute atomic E-state index is 0.00248. The zero-order valence-electron chi connectivity index (χ0n) is 23.6. The molecule has 0 bridgehead atoms.